The fourth-order valence-electron chi connectivity index (χ4n) is 2.99. The van der Waals surface area contributed by atoms with Gasteiger partial charge in [0, 0.05) is 5.54 Å². The largest absolute Gasteiger partial charge is 0.325 e. The van der Waals surface area contributed by atoms with E-state index in [9.17, 15) is 0 Å². The summed E-state index contributed by atoms with van der Waals surface area (Å²) in [5.41, 5.74) is 6.54. The van der Waals surface area contributed by atoms with Crippen molar-refractivity contribution in [2.24, 2.45) is 17.6 Å². The van der Waals surface area contributed by atoms with Crippen molar-refractivity contribution in [3.8, 4) is 0 Å². The molecule has 0 amide bonds. The summed E-state index contributed by atoms with van der Waals surface area (Å²) in [5, 5.41) is 0. The first-order chi connectivity index (χ1) is 6.24. The van der Waals surface area contributed by atoms with Crippen LogP contribution in [0.25, 0.3) is 0 Å². The molecule has 1 nitrogen and oxygen atoms in total. The lowest BCUT2D eigenvalue weighted by molar-refractivity contribution is 0.224. The Morgan fingerprint density at radius 2 is 1.77 bits per heavy atom. The molecule has 2 fully saturated rings. The minimum Gasteiger partial charge on any atom is -0.325 e. The van der Waals surface area contributed by atoms with Gasteiger partial charge in [0.15, 0.2) is 0 Å². The average molecular weight is 181 g/mol. The molecule has 2 aliphatic rings. The molecule has 0 aromatic rings. The van der Waals surface area contributed by atoms with Gasteiger partial charge < -0.3 is 5.73 Å². The minimum absolute atomic E-state index is 0.303. The molecular formula is C12H23N. The molecule has 76 valence electrons. The highest BCUT2D eigenvalue weighted by Gasteiger charge is 2.46. The molecule has 0 aliphatic heterocycles. The lowest BCUT2D eigenvalue weighted by Gasteiger charge is -2.32. The van der Waals surface area contributed by atoms with E-state index in [4.69, 9.17) is 5.73 Å². The van der Waals surface area contributed by atoms with E-state index >= 15 is 0 Å². The van der Waals surface area contributed by atoms with E-state index in [-0.39, 0.29) is 0 Å². The van der Waals surface area contributed by atoms with Crippen molar-refractivity contribution in [3.05, 3.63) is 0 Å². The summed E-state index contributed by atoms with van der Waals surface area (Å²) in [6, 6.07) is 0. The molecule has 0 aromatic heterocycles. The summed E-state index contributed by atoms with van der Waals surface area (Å²) in [6.07, 6.45) is 11.2. The van der Waals surface area contributed by atoms with Crippen LogP contribution in [0.15, 0.2) is 0 Å². The van der Waals surface area contributed by atoms with Crippen molar-refractivity contribution >= 4 is 0 Å². The Labute approximate surface area is 82.1 Å². The Morgan fingerprint density at radius 3 is 2.23 bits per heavy atom. The topological polar surface area (TPSA) is 26.0 Å². The van der Waals surface area contributed by atoms with Crippen LogP contribution >= 0.6 is 0 Å². The van der Waals surface area contributed by atoms with Crippen LogP contribution in [0.2, 0.25) is 0 Å². The van der Waals surface area contributed by atoms with Crippen molar-refractivity contribution in [2.75, 3.05) is 0 Å². The summed E-state index contributed by atoms with van der Waals surface area (Å²) < 4.78 is 0. The minimum atomic E-state index is 0.303. The maximum absolute atomic E-state index is 6.24. The summed E-state index contributed by atoms with van der Waals surface area (Å²) in [6.45, 7) is 2.30. The highest BCUT2D eigenvalue weighted by Crippen LogP contribution is 2.47. The second-order valence-corrected chi connectivity index (χ2v) is 5.24. The second-order valence-electron chi connectivity index (χ2n) is 5.24. The van der Waals surface area contributed by atoms with Crippen LogP contribution in [0.5, 0.6) is 0 Å². The van der Waals surface area contributed by atoms with Crippen LogP contribution < -0.4 is 5.73 Å². The molecule has 0 atom stereocenters. The van der Waals surface area contributed by atoms with Gasteiger partial charge in [0.2, 0.25) is 0 Å². The van der Waals surface area contributed by atoms with Crippen molar-refractivity contribution in [1.29, 1.82) is 0 Å². The maximum Gasteiger partial charge on any atom is 0.0184 e. The number of hydrogen-bond donors (Lipinski definition) is 1. The number of rotatable bonds is 3. The van der Waals surface area contributed by atoms with E-state index in [1.165, 1.54) is 51.4 Å². The molecule has 0 unspecified atom stereocenters. The molecule has 0 bridgehead atoms. The first-order valence-electron chi connectivity index (χ1n) is 6.03. The molecule has 2 N–H and O–H groups in total. The third-order valence-corrected chi connectivity index (χ3v) is 4.18. The van der Waals surface area contributed by atoms with Crippen molar-refractivity contribution in [2.45, 2.75) is 63.8 Å². The second kappa shape index (κ2) is 3.61. The predicted octanol–water partition coefficient (Wildman–Crippen LogP) is 3.08. The zero-order valence-electron chi connectivity index (χ0n) is 8.89. The molecule has 0 radical (unpaired) electrons. The van der Waals surface area contributed by atoms with Gasteiger partial charge in [-0.3, -0.25) is 0 Å². The normalized spacial score (nSPS) is 37.4. The van der Waals surface area contributed by atoms with E-state index < -0.39 is 0 Å². The first-order valence-corrected chi connectivity index (χ1v) is 6.03. The Balaban J connectivity index is 1.76. The summed E-state index contributed by atoms with van der Waals surface area (Å²) in [5.74, 6) is 1.91. The third kappa shape index (κ3) is 2.07. The molecule has 0 aromatic carbocycles. The Hall–Kier alpha value is -0.0400. The Kier molecular flexibility index (Phi) is 2.64. The number of nitrogens with two attached hydrogens (primary N) is 1. The SMILES string of the molecule is CCCC1CCC(C2(N)CC2)CC1. The van der Waals surface area contributed by atoms with Crippen LogP contribution in [0.1, 0.15) is 58.3 Å². The van der Waals surface area contributed by atoms with Gasteiger partial charge in [0.25, 0.3) is 0 Å². The fourth-order valence-corrected chi connectivity index (χ4v) is 2.99. The standard InChI is InChI=1S/C12H23N/c1-2-3-10-4-6-11(7-5-10)12(13)8-9-12/h10-11H,2-9,13H2,1H3. The zero-order valence-corrected chi connectivity index (χ0v) is 8.89. The zero-order chi connectivity index (χ0) is 9.31. The van der Waals surface area contributed by atoms with Gasteiger partial charge in [-0.2, -0.15) is 0 Å². The molecule has 2 rings (SSSR count). The van der Waals surface area contributed by atoms with Gasteiger partial charge in [-0.05, 0) is 37.5 Å². The summed E-state index contributed by atoms with van der Waals surface area (Å²) >= 11 is 0. The van der Waals surface area contributed by atoms with E-state index in [2.05, 4.69) is 6.92 Å². The van der Waals surface area contributed by atoms with E-state index in [0.29, 0.717) is 5.54 Å². The highest BCUT2D eigenvalue weighted by atomic mass is 14.8. The molecule has 2 aliphatic carbocycles. The third-order valence-electron chi connectivity index (χ3n) is 4.18. The van der Waals surface area contributed by atoms with E-state index in [0.717, 1.165) is 11.8 Å². The predicted molar refractivity (Wildman–Crippen MR) is 56.5 cm³/mol. The lowest BCUT2D eigenvalue weighted by atomic mass is 9.76. The van der Waals surface area contributed by atoms with Gasteiger partial charge in [-0.1, -0.05) is 32.6 Å². The lowest BCUT2D eigenvalue weighted by Crippen LogP contribution is -2.35. The van der Waals surface area contributed by atoms with Gasteiger partial charge in [0.1, 0.15) is 0 Å². The average Bonchev–Trinajstić information content (AvgIpc) is 2.87. The molecule has 1 heteroatoms. The van der Waals surface area contributed by atoms with Crippen molar-refractivity contribution in [3.63, 3.8) is 0 Å². The first kappa shape index (κ1) is 9.51. The van der Waals surface area contributed by atoms with E-state index in [1.54, 1.807) is 0 Å². The molecule has 2 saturated carbocycles. The number of hydrogen-bond acceptors (Lipinski definition) is 1. The quantitative estimate of drug-likeness (QED) is 0.711. The Bertz CT molecular complexity index is 164. The van der Waals surface area contributed by atoms with Gasteiger partial charge >= 0.3 is 0 Å². The Morgan fingerprint density at radius 1 is 1.15 bits per heavy atom. The van der Waals surface area contributed by atoms with E-state index in [1.807, 2.05) is 0 Å². The summed E-state index contributed by atoms with van der Waals surface area (Å²) in [7, 11) is 0. The smallest absolute Gasteiger partial charge is 0.0184 e. The highest BCUT2D eigenvalue weighted by molar-refractivity contribution is 5.04. The van der Waals surface area contributed by atoms with Crippen LogP contribution in [0.4, 0.5) is 0 Å². The molecule has 0 heterocycles. The van der Waals surface area contributed by atoms with Crippen molar-refractivity contribution < 1.29 is 0 Å². The molecule has 0 saturated heterocycles. The maximum atomic E-state index is 6.24. The molecule has 13 heavy (non-hydrogen) atoms. The van der Waals surface area contributed by atoms with Gasteiger partial charge in [-0.25, -0.2) is 0 Å². The molecule has 0 spiro atoms. The van der Waals surface area contributed by atoms with Gasteiger partial charge in [0.05, 0.1) is 0 Å². The van der Waals surface area contributed by atoms with Crippen LogP contribution in [-0.4, -0.2) is 5.54 Å². The monoisotopic (exact) mass is 181 g/mol. The van der Waals surface area contributed by atoms with Crippen LogP contribution in [0, 0.1) is 11.8 Å². The van der Waals surface area contributed by atoms with Crippen LogP contribution in [-0.2, 0) is 0 Å². The van der Waals surface area contributed by atoms with Crippen LogP contribution in [0.3, 0.4) is 0 Å². The fraction of sp³-hybridized carbons (Fsp3) is 1.00. The van der Waals surface area contributed by atoms with Gasteiger partial charge in [-0.15, -0.1) is 0 Å². The molecular weight excluding hydrogens is 158 g/mol. The summed E-state index contributed by atoms with van der Waals surface area (Å²) in [4.78, 5) is 0. The van der Waals surface area contributed by atoms with Crippen molar-refractivity contribution in [1.82, 2.24) is 0 Å².